The van der Waals surface area contributed by atoms with E-state index in [0.29, 0.717) is 10.3 Å². The van der Waals surface area contributed by atoms with Crippen LogP contribution in [0.25, 0.3) is 10.8 Å². The first-order valence-electron chi connectivity index (χ1n) is 3.77. The predicted octanol–water partition coefficient (Wildman–Crippen LogP) is 2.27. The Morgan fingerprint density at radius 3 is 2.69 bits per heavy atom. The van der Waals surface area contributed by atoms with Gasteiger partial charge in [0.25, 0.3) is 0 Å². The van der Waals surface area contributed by atoms with Crippen LogP contribution in [0, 0.1) is 17.0 Å². The number of terminal acetylenes is 1. The van der Waals surface area contributed by atoms with Crippen LogP contribution in [0.5, 0.6) is 0 Å². The zero-order valence-corrected chi connectivity index (χ0v) is 7.56. The predicted molar refractivity (Wildman–Crippen MR) is 54.9 cm³/mol. The van der Waals surface area contributed by atoms with Crippen molar-refractivity contribution < 1.29 is 0 Å². The summed E-state index contributed by atoms with van der Waals surface area (Å²) >= 11 is 5.07. The summed E-state index contributed by atoms with van der Waals surface area (Å²) in [7, 11) is 0. The van der Waals surface area contributed by atoms with Crippen molar-refractivity contribution in [3.63, 3.8) is 0 Å². The fourth-order valence-electron chi connectivity index (χ4n) is 1.22. The van der Waals surface area contributed by atoms with Crippen LogP contribution < -0.4 is 0 Å². The van der Waals surface area contributed by atoms with Gasteiger partial charge in [0, 0.05) is 10.8 Å². The van der Waals surface area contributed by atoms with Crippen LogP contribution >= 0.6 is 12.2 Å². The molecule has 13 heavy (non-hydrogen) atoms. The van der Waals surface area contributed by atoms with Gasteiger partial charge in [0.15, 0.2) is 0 Å². The third-order valence-corrected chi connectivity index (χ3v) is 2.14. The van der Waals surface area contributed by atoms with Crippen molar-refractivity contribution in [2.24, 2.45) is 0 Å². The summed E-state index contributed by atoms with van der Waals surface area (Å²) in [6.07, 6.45) is 5.30. The van der Waals surface area contributed by atoms with Crippen molar-refractivity contribution in [3.8, 4) is 12.3 Å². The Hall–Kier alpha value is -1.66. The Morgan fingerprint density at radius 2 is 2.00 bits per heavy atom. The summed E-state index contributed by atoms with van der Waals surface area (Å²) in [5.74, 6) is 2.51. The highest BCUT2D eigenvalue weighted by Gasteiger charge is 1.99. The van der Waals surface area contributed by atoms with Gasteiger partial charge in [-0.15, -0.1) is 6.42 Å². The molecule has 0 amide bonds. The highest BCUT2D eigenvalue weighted by molar-refractivity contribution is 7.71. The number of fused-ring (bicyclic) bond motifs is 1. The van der Waals surface area contributed by atoms with E-state index in [2.05, 4.69) is 16.1 Å². The van der Waals surface area contributed by atoms with Crippen molar-refractivity contribution in [3.05, 3.63) is 34.6 Å². The first-order chi connectivity index (χ1) is 6.33. The minimum absolute atomic E-state index is 0.601. The van der Waals surface area contributed by atoms with Gasteiger partial charge in [-0.1, -0.05) is 36.5 Å². The van der Waals surface area contributed by atoms with Gasteiger partial charge < -0.3 is 0 Å². The quantitative estimate of drug-likeness (QED) is 0.505. The summed E-state index contributed by atoms with van der Waals surface area (Å²) in [6.45, 7) is 0. The Labute approximate surface area is 80.6 Å². The van der Waals surface area contributed by atoms with E-state index in [1.54, 1.807) is 0 Å². The van der Waals surface area contributed by atoms with Gasteiger partial charge in [-0.25, -0.2) is 0 Å². The molecule has 62 valence electrons. The number of benzene rings is 1. The molecule has 3 heteroatoms. The smallest absolute Gasteiger partial charge is 0.141 e. The van der Waals surface area contributed by atoms with Gasteiger partial charge in [-0.05, 0) is 5.92 Å². The van der Waals surface area contributed by atoms with Crippen LogP contribution in [0.2, 0.25) is 0 Å². The van der Waals surface area contributed by atoms with E-state index in [4.69, 9.17) is 18.6 Å². The summed E-state index contributed by atoms with van der Waals surface area (Å²) in [4.78, 5) is 0. The minimum atomic E-state index is 0.601. The Bertz CT molecular complexity index is 549. The van der Waals surface area contributed by atoms with E-state index in [1.807, 2.05) is 24.3 Å². The number of H-pyrrole nitrogens is 1. The number of aromatic nitrogens is 2. The van der Waals surface area contributed by atoms with E-state index in [-0.39, 0.29) is 0 Å². The molecular formula is C10H6N2S. The fourth-order valence-corrected chi connectivity index (χ4v) is 1.45. The number of aromatic amines is 1. The molecule has 0 aliphatic heterocycles. The van der Waals surface area contributed by atoms with Gasteiger partial charge in [0.05, 0.1) is 0 Å². The molecule has 0 radical (unpaired) electrons. The van der Waals surface area contributed by atoms with E-state index in [0.717, 1.165) is 10.8 Å². The minimum Gasteiger partial charge on any atom is -0.266 e. The van der Waals surface area contributed by atoms with Gasteiger partial charge in [0.2, 0.25) is 0 Å². The third-order valence-electron chi connectivity index (χ3n) is 1.83. The molecular weight excluding hydrogens is 180 g/mol. The average molecular weight is 186 g/mol. The summed E-state index contributed by atoms with van der Waals surface area (Å²) < 4.78 is 0.620. The second kappa shape index (κ2) is 3.00. The summed E-state index contributed by atoms with van der Waals surface area (Å²) in [5, 5.41) is 8.55. The molecule has 0 bridgehead atoms. The second-order valence-electron chi connectivity index (χ2n) is 2.59. The van der Waals surface area contributed by atoms with E-state index < -0.39 is 0 Å². The maximum Gasteiger partial charge on any atom is 0.141 e. The zero-order chi connectivity index (χ0) is 9.26. The highest BCUT2D eigenvalue weighted by Crippen LogP contribution is 2.15. The highest BCUT2D eigenvalue weighted by atomic mass is 32.1. The average Bonchev–Trinajstić information content (AvgIpc) is 2.19. The van der Waals surface area contributed by atoms with Crippen LogP contribution in [0.4, 0.5) is 0 Å². The van der Waals surface area contributed by atoms with Crippen molar-refractivity contribution in [1.29, 1.82) is 0 Å². The molecule has 1 heterocycles. The monoisotopic (exact) mass is 186 g/mol. The summed E-state index contributed by atoms with van der Waals surface area (Å²) in [6, 6.07) is 7.68. The van der Waals surface area contributed by atoms with Crippen molar-refractivity contribution >= 4 is 23.0 Å². The lowest BCUT2D eigenvalue weighted by atomic mass is 10.1. The largest absolute Gasteiger partial charge is 0.266 e. The van der Waals surface area contributed by atoms with Gasteiger partial charge in [-0.2, -0.15) is 5.10 Å². The molecule has 2 rings (SSSR count). The maximum atomic E-state index is 5.30. The second-order valence-corrected chi connectivity index (χ2v) is 3.00. The third kappa shape index (κ3) is 1.21. The maximum absolute atomic E-state index is 5.30. The van der Waals surface area contributed by atoms with Crippen molar-refractivity contribution in [2.45, 2.75) is 0 Å². The van der Waals surface area contributed by atoms with Gasteiger partial charge in [-0.3, -0.25) is 5.10 Å². The number of nitrogens with one attached hydrogen (secondary N) is 1. The Morgan fingerprint density at radius 1 is 1.31 bits per heavy atom. The molecule has 0 atom stereocenters. The molecule has 0 aliphatic carbocycles. The van der Waals surface area contributed by atoms with Crippen molar-refractivity contribution in [2.75, 3.05) is 0 Å². The molecule has 2 nitrogen and oxygen atoms in total. The molecule has 0 saturated carbocycles. The van der Waals surface area contributed by atoms with Crippen LogP contribution in [-0.2, 0) is 0 Å². The Kier molecular flexibility index (Phi) is 1.84. The molecule has 1 aromatic carbocycles. The number of hydrogen-bond acceptors (Lipinski definition) is 2. The Balaban J connectivity index is 3.04. The van der Waals surface area contributed by atoms with E-state index >= 15 is 0 Å². The molecule has 0 aliphatic rings. The molecule has 0 spiro atoms. The first kappa shape index (κ1) is 7.96. The molecule has 1 N–H and O–H groups in total. The summed E-state index contributed by atoms with van der Waals surface area (Å²) in [5.41, 5.74) is 0.601. The zero-order valence-electron chi connectivity index (χ0n) is 6.74. The topological polar surface area (TPSA) is 28.7 Å². The van der Waals surface area contributed by atoms with E-state index in [9.17, 15) is 0 Å². The van der Waals surface area contributed by atoms with Crippen LogP contribution in [0.1, 0.15) is 5.69 Å². The van der Waals surface area contributed by atoms with Crippen LogP contribution in [0.3, 0.4) is 0 Å². The van der Waals surface area contributed by atoms with Gasteiger partial charge >= 0.3 is 0 Å². The molecule has 1 aromatic heterocycles. The molecule has 2 aromatic rings. The van der Waals surface area contributed by atoms with Gasteiger partial charge in [0.1, 0.15) is 10.3 Å². The lowest BCUT2D eigenvalue weighted by Crippen LogP contribution is -1.90. The first-order valence-corrected chi connectivity index (χ1v) is 4.18. The molecule has 0 saturated heterocycles. The fraction of sp³-hybridized carbons (Fsp3) is 0. The number of rotatable bonds is 0. The standard InChI is InChI=1S/C10H6N2S/c1-2-9-7-5-3-4-6-8(7)10(13)12-11-9/h1,3-6H,(H,12,13). The van der Waals surface area contributed by atoms with Crippen molar-refractivity contribution in [1.82, 2.24) is 10.2 Å². The van der Waals surface area contributed by atoms with Crippen LogP contribution in [-0.4, -0.2) is 10.2 Å². The van der Waals surface area contributed by atoms with E-state index in [1.165, 1.54) is 0 Å². The number of hydrogen-bond donors (Lipinski definition) is 1. The SMILES string of the molecule is C#Cc1n[nH]c(=S)c2ccccc12. The number of nitrogens with zero attached hydrogens (tertiary/aromatic N) is 1. The lowest BCUT2D eigenvalue weighted by Gasteiger charge is -1.98. The molecule has 0 fully saturated rings. The van der Waals surface area contributed by atoms with Crippen LogP contribution in [0.15, 0.2) is 24.3 Å². The molecule has 0 unspecified atom stereocenters. The lowest BCUT2D eigenvalue weighted by molar-refractivity contribution is 1.02. The normalized spacial score (nSPS) is 9.77.